The maximum Gasteiger partial charge on any atom is 0.234 e. The van der Waals surface area contributed by atoms with Crippen LogP contribution in [0.25, 0.3) is 0 Å². The average Bonchev–Trinajstić information content (AvgIpc) is 2.05. The van der Waals surface area contributed by atoms with Crippen molar-refractivity contribution in [3.8, 4) is 0 Å². The lowest BCUT2D eigenvalue weighted by Gasteiger charge is -2.18. The smallest absolute Gasteiger partial charge is 0.234 e. The van der Waals surface area contributed by atoms with E-state index in [-0.39, 0.29) is 11.9 Å². The van der Waals surface area contributed by atoms with Crippen LogP contribution in [0.4, 0.5) is 0 Å². The van der Waals surface area contributed by atoms with Crippen LogP contribution < -0.4 is 11.1 Å². The molecule has 0 heterocycles. The van der Waals surface area contributed by atoms with E-state index in [1.807, 2.05) is 0 Å². The molecule has 0 aliphatic heterocycles. The van der Waals surface area contributed by atoms with E-state index >= 15 is 0 Å². The normalized spacial score (nSPS) is 13.2. The van der Waals surface area contributed by atoms with E-state index in [0.717, 1.165) is 25.9 Å². The number of rotatable bonds is 7. The van der Waals surface area contributed by atoms with E-state index in [1.54, 1.807) is 7.05 Å². The molecule has 0 fully saturated rings. The van der Waals surface area contributed by atoms with E-state index < -0.39 is 0 Å². The molecule has 0 aliphatic rings. The van der Waals surface area contributed by atoms with Gasteiger partial charge in [-0.1, -0.05) is 6.92 Å². The highest BCUT2D eigenvalue weighted by atomic mass is 16.1. The van der Waals surface area contributed by atoms with Crippen LogP contribution in [0.15, 0.2) is 0 Å². The summed E-state index contributed by atoms with van der Waals surface area (Å²) >= 11 is 0. The molecule has 0 aromatic heterocycles. The highest BCUT2D eigenvalue weighted by molar-refractivity contribution is 5.79. The minimum atomic E-state index is -0.271. The quantitative estimate of drug-likeness (QED) is 0.580. The number of nitrogens with zero attached hydrogens (tertiary/aromatic N) is 1. The molecule has 13 heavy (non-hydrogen) atoms. The number of carbonyl (C=O) groups is 1. The van der Waals surface area contributed by atoms with Gasteiger partial charge in [0.15, 0.2) is 0 Å². The molecule has 0 saturated carbocycles. The van der Waals surface area contributed by atoms with E-state index in [4.69, 9.17) is 5.73 Å². The van der Waals surface area contributed by atoms with Crippen LogP contribution in [-0.2, 0) is 4.79 Å². The lowest BCUT2D eigenvalue weighted by Crippen LogP contribution is -2.41. The molecule has 4 nitrogen and oxygen atoms in total. The van der Waals surface area contributed by atoms with Gasteiger partial charge in [0, 0.05) is 0 Å². The zero-order chi connectivity index (χ0) is 10.3. The monoisotopic (exact) mass is 187 g/mol. The van der Waals surface area contributed by atoms with Crippen LogP contribution in [0.3, 0.4) is 0 Å². The first kappa shape index (κ1) is 12.4. The van der Waals surface area contributed by atoms with Gasteiger partial charge in [0.1, 0.15) is 0 Å². The van der Waals surface area contributed by atoms with E-state index in [2.05, 4.69) is 24.2 Å². The first-order valence-corrected chi connectivity index (χ1v) is 4.77. The fourth-order valence-electron chi connectivity index (χ4n) is 1.27. The predicted molar refractivity (Wildman–Crippen MR) is 54.4 cm³/mol. The number of likely N-dealkylation sites (N-methyl/N-ethyl adjacent to an activating group) is 1. The second-order valence-electron chi connectivity index (χ2n) is 3.34. The zero-order valence-electron chi connectivity index (χ0n) is 8.84. The molecule has 78 valence electrons. The van der Waals surface area contributed by atoms with Crippen molar-refractivity contribution in [3.05, 3.63) is 0 Å². The van der Waals surface area contributed by atoms with Gasteiger partial charge in [-0.15, -0.1) is 0 Å². The summed E-state index contributed by atoms with van der Waals surface area (Å²) in [5.41, 5.74) is 5.19. The molecule has 1 amide bonds. The third-order valence-electron chi connectivity index (χ3n) is 2.10. The van der Waals surface area contributed by atoms with Gasteiger partial charge in [0.25, 0.3) is 0 Å². The van der Waals surface area contributed by atoms with Crippen molar-refractivity contribution < 1.29 is 4.79 Å². The van der Waals surface area contributed by atoms with Gasteiger partial charge in [-0.3, -0.25) is 4.79 Å². The first-order chi connectivity index (χ1) is 6.11. The second kappa shape index (κ2) is 6.86. The Morgan fingerprint density at radius 1 is 1.54 bits per heavy atom. The van der Waals surface area contributed by atoms with Crippen LogP contribution >= 0.6 is 0 Å². The molecule has 0 spiro atoms. The van der Waals surface area contributed by atoms with Crippen LogP contribution in [-0.4, -0.2) is 44.0 Å². The lowest BCUT2D eigenvalue weighted by molar-refractivity contribution is -0.120. The number of hydrogen-bond donors (Lipinski definition) is 2. The van der Waals surface area contributed by atoms with Gasteiger partial charge in [-0.05, 0) is 40.0 Å². The van der Waals surface area contributed by atoms with Crippen molar-refractivity contribution in [2.75, 3.05) is 27.2 Å². The third kappa shape index (κ3) is 5.60. The number of nitrogens with one attached hydrogen (secondary N) is 1. The maximum atomic E-state index is 10.8. The Labute approximate surface area is 80.5 Å². The van der Waals surface area contributed by atoms with Gasteiger partial charge in [0.05, 0.1) is 6.04 Å². The lowest BCUT2D eigenvalue weighted by atomic mass is 10.2. The Morgan fingerprint density at radius 3 is 2.54 bits per heavy atom. The number of carbonyl (C=O) groups excluding carboxylic acids is 1. The summed E-state index contributed by atoms with van der Waals surface area (Å²) in [6.07, 6.45) is 1.92. The summed E-state index contributed by atoms with van der Waals surface area (Å²) in [7, 11) is 3.81. The number of hydrogen-bond acceptors (Lipinski definition) is 3. The summed E-state index contributed by atoms with van der Waals surface area (Å²) < 4.78 is 0. The van der Waals surface area contributed by atoms with E-state index in [1.165, 1.54) is 0 Å². The van der Waals surface area contributed by atoms with Crippen molar-refractivity contribution >= 4 is 5.91 Å². The Hall–Kier alpha value is -0.610. The topological polar surface area (TPSA) is 58.4 Å². The first-order valence-electron chi connectivity index (χ1n) is 4.77. The summed E-state index contributed by atoms with van der Waals surface area (Å²) in [4.78, 5) is 13.0. The molecule has 0 bridgehead atoms. The van der Waals surface area contributed by atoms with Crippen molar-refractivity contribution in [1.82, 2.24) is 10.2 Å². The van der Waals surface area contributed by atoms with Crippen molar-refractivity contribution in [2.24, 2.45) is 5.73 Å². The van der Waals surface area contributed by atoms with Gasteiger partial charge < -0.3 is 16.0 Å². The molecule has 0 radical (unpaired) electrons. The minimum absolute atomic E-state index is 0.195. The van der Waals surface area contributed by atoms with Crippen LogP contribution in [0, 0.1) is 0 Å². The largest absolute Gasteiger partial charge is 0.368 e. The molecule has 0 saturated heterocycles. The van der Waals surface area contributed by atoms with Crippen LogP contribution in [0.1, 0.15) is 19.8 Å². The van der Waals surface area contributed by atoms with Crippen LogP contribution in [0.5, 0.6) is 0 Å². The zero-order valence-corrected chi connectivity index (χ0v) is 8.84. The third-order valence-corrected chi connectivity index (χ3v) is 2.10. The predicted octanol–water partition coefficient (Wildman–Crippen LogP) is -0.208. The Bertz CT molecular complexity index is 150. The highest BCUT2D eigenvalue weighted by Crippen LogP contribution is 1.94. The summed E-state index contributed by atoms with van der Waals surface area (Å²) in [6.45, 7) is 4.11. The van der Waals surface area contributed by atoms with E-state index in [0.29, 0.717) is 0 Å². The maximum absolute atomic E-state index is 10.8. The molecule has 4 heteroatoms. The molecule has 1 atom stereocenters. The average molecular weight is 187 g/mol. The van der Waals surface area contributed by atoms with Crippen molar-refractivity contribution in [3.63, 3.8) is 0 Å². The molecule has 0 aromatic rings. The molecular weight excluding hydrogens is 166 g/mol. The van der Waals surface area contributed by atoms with Crippen molar-refractivity contribution in [2.45, 2.75) is 25.8 Å². The number of primary amides is 1. The summed E-state index contributed by atoms with van der Waals surface area (Å²) in [5, 5.41) is 2.90. The fraction of sp³-hybridized carbons (Fsp3) is 0.889. The summed E-state index contributed by atoms with van der Waals surface area (Å²) in [6, 6.07) is -0.195. The SMILES string of the molecule is CCCN(C)CCC(NC)C(N)=O. The van der Waals surface area contributed by atoms with Gasteiger partial charge in [-0.2, -0.15) is 0 Å². The minimum Gasteiger partial charge on any atom is -0.368 e. The molecule has 3 N–H and O–H groups in total. The highest BCUT2D eigenvalue weighted by Gasteiger charge is 2.12. The Balaban J connectivity index is 3.65. The molecular formula is C9H21N3O. The van der Waals surface area contributed by atoms with Gasteiger partial charge >= 0.3 is 0 Å². The Kier molecular flexibility index (Phi) is 6.54. The van der Waals surface area contributed by atoms with E-state index in [9.17, 15) is 4.79 Å². The van der Waals surface area contributed by atoms with Gasteiger partial charge in [-0.25, -0.2) is 0 Å². The van der Waals surface area contributed by atoms with Gasteiger partial charge in [0.2, 0.25) is 5.91 Å². The second-order valence-corrected chi connectivity index (χ2v) is 3.34. The van der Waals surface area contributed by atoms with Crippen LogP contribution in [0.2, 0.25) is 0 Å². The summed E-state index contributed by atoms with van der Waals surface area (Å²) in [5.74, 6) is -0.271. The molecule has 0 aliphatic carbocycles. The standard InChI is InChI=1S/C9H21N3O/c1-4-6-12(3)7-5-8(11-2)9(10)13/h8,11H,4-7H2,1-3H3,(H2,10,13). The fourth-order valence-corrected chi connectivity index (χ4v) is 1.27. The molecule has 0 rings (SSSR count). The van der Waals surface area contributed by atoms with Crippen molar-refractivity contribution in [1.29, 1.82) is 0 Å². The number of amides is 1. The Morgan fingerprint density at radius 2 is 2.15 bits per heavy atom. The number of nitrogens with two attached hydrogens (primary N) is 1. The molecule has 1 unspecified atom stereocenters. The molecule has 0 aromatic carbocycles.